The highest BCUT2D eigenvalue weighted by Crippen LogP contribution is 2.12. The Hall–Kier alpha value is -2.42. The zero-order chi connectivity index (χ0) is 14.4. The van der Waals surface area contributed by atoms with Crippen LogP contribution in [0.4, 0.5) is 4.39 Å². The van der Waals surface area contributed by atoms with Gasteiger partial charge in [0, 0.05) is 6.08 Å². The predicted molar refractivity (Wildman–Crippen MR) is 78.4 cm³/mol. The van der Waals surface area contributed by atoms with E-state index in [1.54, 1.807) is 18.2 Å². The van der Waals surface area contributed by atoms with Crippen LogP contribution in [-0.2, 0) is 4.79 Å². The van der Waals surface area contributed by atoms with E-state index in [2.05, 4.69) is 5.32 Å². The van der Waals surface area contributed by atoms with E-state index in [0.717, 1.165) is 11.1 Å². The van der Waals surface area contributed by atoms with Crippen LogP contribution in [0, 0.1) is 5.82 Å². The monoisotopic (exact) mass is 269 g/mol. The van der Waals surface area contributed by atoms with Gasteiger partial charge in [0.15, 0.2) is 0 Å². The zero-order valence-electron chi connectivity index (χ0n) is 11.2. The van der Waals surface area contributed by atoms with Crippen LogP contribution >= 0.6 is 0 Å². The lowest BCUT2D eigenvalue weighted by atomic mass is 10.1. The molecule has 0 unspecified atom stereocenters. The van der Waals surface area contributed by atoms with Gasteiger partial charge in [0.1, 0.15) is 5.82 Å². The smallest absolute Gasteiger partial charge is 0.244 e. The molecule has 2 rings (SSSR count). The molecule has 0 aromatic heterocycles. The van der Waals surface area contributed by atoms with Gasteiger partial charge in [-0.15, -0.1) is 0 Å². The lowest BCUT2D eigenvalue weighted by Crippen LogP contribution is -2.24. The van der Waals surface area contributed by atoms with Crippen molar-refractivity contribution in [3.05, 3.63) is 77.6 Å². The lowest BCUT2D eigenvalue weighted by Gasteiger charge is -2.12. The molecule has 0 heterocycles. The summed E-state index contributed by atoms with van der Waals surface area (Å²) in [7, 11) is 0. The highest BCUT2D eigenvalue weighted by molar-refractivity contribution is 5.91. The summed E-state index contributed by atoms with van der Waals surface area (Å²) < 4.78 is 12.8. The second-order valence-electron chi connectivity index (χ2n) is 4.53. The molecule has 0 spiro atoms. The molecule has 0 aliphatic heterocycles. The highest BCUT2D eigenvalue weighted by Gasteiger charge is 2.07. The van der Waals surface area contributed by atoms with Crippen LogP contribution in [0.5, 0.6) is 0 Å². The van der Waals surface area contributed by atoms with E-state index in [9.17, 15) is 9.18 Å². The highest BCUT2D eigenvalue weighted by atomic mass is 19.1. The van der Waals surface area contributed by atoms with Gasteiger partial charge in [-0.2, -0.15) is 0 Å². The fraction of sp³-hybridized carbons (Fsp3) is 0.118. The second kappa shape index (κ2) is 6.66. The summed E-state index contributed by atoms with van der Waals surface area (Å²) in [4.78, 5) is 11.8. The van der Waals surface area contributed by atoms with Gasteiger partial charge in [-0.05, 0) is 36.3 Å². The number of halogens is 1. The third-order valence-corrected chi connectivity index (χ3v) is 2.96. The van der Waals surface area contributed by atoms with Gasteiger partial charge >= 0.3 is 0 Å². The fourth-order valence-corrected chi connectivity index (χ4v) is 1.83. The molecule has 2 nitrogen and oxygen atoms in total. The van der Waals surface area contributed by atoms with Crippen LogP contribution in [0.3, 0.4) is 0 Å². The molecule has 2 aromatic rings. The van der Waals surface area contributed by atoms with Gasteiger partial charge in [-0.25, -0.2) is 4.39 Å². The van der Waals surface area contributed by atoms with Crippen molar-refractivity contribution in [1.82, 2.24) is 5.32 Å². The van der Waals surface area contributed by atoms with Crippen molar-refractivity contribution >= 4 is 12.0 Å². The maximum absolute atomic E-state index is 12.8. The topological polar surface area (TPSA) is 29.1 Å². The number of carbonyl (C=O) groups is 1. The third-order valence-electron chi connectivity index (χ3n) is 2.96. The average molecular weight is 269 g/mol. The number of hydrogen-bond acceptors (Lipinski definition) is 1. The van der Waals surface area contributed by atoms with E-state index in [-0.39, 0.29) is 17.8 Å². The van der Waals surface area contributed by atoms with Crippen molar-refractivity contribution in [1.29, 1.82) is 0 Å². The quantitative estimate of drug-likeness (QED) is 0.842. The van der Waals surface area contributed by atoms with Gasteiger partial charge in [-0.1, -0.05) is 42.5 Å². The number of nitrogens with one attached hydrogen (secondary N) is 1. The van der Waals surface area contributed by atoms with E-state index in [1.165, 1.54) is 18.2 Å². The Labute approximate surface area is 118 Å². The number of amides is 1. The normalized spacial score (nSPS) is 12.3. The van der Waals surface area contributed by atoms with Gasteiger partial charge in [-0.3, -0.25) is 4.79 Å². The molecule has 0 bridgehead atoms. The van der Waals surface area contributed by atoms with Crippen LogP contribution in [0.2, 0.25) is 0 Å². The third kappa shape index (κ3) is 4.05. The SMILES string of the molecule is C[C@@H](NC(=O)/C=C/c1ccccc1)c1ccc(F)cc1. The molecule has 0 aliphatic carbocycles. The minimum Gasteiger partial charge on any atom is -0.346 e. The summed E-state index contributed by atoms with van der Waals surface area (Å²) >= 11 is 0. The Morgan fingerprint density at radius 3 is 2.40 bits per heavy atom. The number of carbonyl (C=O) groups excluding carboxylic acids is 1. The van der Waals surface area contributed by atoms with Gasteiger partial charge in [0.05, 0.1) is 6.04 Å². The molecule has 20 heavy (non-hydrogen) atoms. The molecule has 102 valence electrons. The van der Waals surface area contributed by atoms with Crippen molar-refractivity contribution in [2.45, 2.75) is 13.0 Å². The van der Waals surface area contributed by atoms with E-state index in [4.69, 9.17) is 0 Å². The molecule has 1 amide bonds. The van der Waals surface area contributed by atoms with E-state index in [0.29, 0.717) is 0 Å². The van der Waals surface area contributed by atoms with Gasteiger partial charge in [0.2, 0.25) is 5.91 Å². The molecular weight excluding hydrogens is 253 g/mol. The van der Waals surface area contributed by atoms with E-state index in [1.807, 2.05) is 37.3 Å². The van der Waals surface area contributed by atoms with Gasteiger partial charge in [0.25, 0.3) is 0 Å². The van der Waals surface area contributed by atoms with Crippen molar-refractivity contribution in [2.24, 2.45) is 0 Å². The van der Waals surface area contributed by atoms with E-state index < -0.39 is 0 Å². The first-order valence-electron chi connectivity index (χ1n) is 6.44. The molecule has 0 saturated carbocycles. The molecule has 3 heteroatoms. The standard InChI is InChI=1S/C17H16FNO/c1-13(15-8-10-16(18)11-9-15)19-17(20)12-7-14-5-3-2-4-6-14/h2-13H,1H3,(H,19,20)/b12-7+/t13-/m1/s1. The van der Waals surface area contributed by atoms with Crippen molar-refractivity contribution in [3.63, 3.8) is 0 Å². The number of rotatable bonds is 4. The summed E-state index contributed by atoms with van der Waals surface area (Å²) in [5, 5.41) is 2.84. The Kier molecular flexibility index (Phi) is 4.66. The van der Waals surface area contributed by atoms with Crippen LogP contribution in [0.25, 0.3) is 6.08 Å². The fourth-order valence-electron chi connectivity index (χ4n) is 1.83. The minimum absolute atomic E-state index is 0.163. The van der Waals surface area contributed by atoms with Crippen LogP contribution in [-0.4, -0.2) is 5.91 Å². The summed E-state index contributed by atoms with van der Waals surface area (Å²) in [6.07, 6.45) is 3.25. The molecule has 1 N–H and O–H groups in total. The lowest BCUT2D eigenvalue weighted by molar-refractivity contribution is -0.117. The first kappa shape index (κ1) is 14.0. The van der Waals surface area contributed by atoms with Crippen LogP contribution < -0.4 is 5.32 Å². The molecular formula is C17H16FNO. The first-order valence-corrected chi connectivity index (χ1v) is 6.44. The largest absolute Gasteiger partial charge is 0.346 e. The van der Waals surface area contributed by atoms with E-state index >= 15 is 0 Å². The maximum Gasteiger partial charge on any atom is 0.244 e. The summed E-state index contributed by atoms with van der Waals surface area (Å²) in [5.41, 5.74) is 1.84. The number of hydrogen-bond donors (Lipinski definition) is 1. The zero-order valence-corrected chi connectivity index (χ0v) is 11.2. The van der Waals surface area contributed by atoms with Crippen LogP contribution in [0.15, 0.2) is 60.7 Å². The second-order valence-corrected chi connectivity index (χ2v) is 4.53. The summed E-state index contributed by atoms with van der Waals surface area (Å²) in [6.45, 7) is 1.86. The predicted octanol–water partition coefficient (Wildman–Crippen LogP) is 3.72. The average Bonchev–Trinajstić information content (AvgIpc) is 2.47. The molecule has 0 fully saturated rings. The maximum atomic E-state index is 12.8. The van der Waals surface area contributed by atoms with Crippen molar-refractivity contribution < 1.29 is 9.18 Å². The van der Waals surface area contributed by atoms with Crippen molar-refractivity contribution in [2.75, 3.05) is 0 Å². The summed E-state index contributed by atoms with van der Waals surface area (Å²) in [6, 6.07) is 15.5. The van der Waals surface area contributed by atoms with Crippen molar-refractivity contribution in [3.8, 4) is 0 Å². The van der Waals surface area contributed by atoms with Gasteiger partial charge < -0.3 is 5.32 Å². The Morgan fingerprint density at radius 2 is 1.75 bits per heavy atom. The van der Waals surface area contributed by atoms with Crippen LogP contribution in [0.1, 0.15) is 24.1 Å². The number of benzene rings is 2. The Morgan fingerprint density at radius 1 is 1.10 bits per heavy atom. The molecule has 2 aromatic carbocycles. The first-order chi connectivity index (χ1) is 9.65. The molecule has 0 radical (unpaired) electrons. The minimum atomic E-state index is -0.281. The Bertz CT molecular complexity index is 590. The molecule has 0 aliphatic rings. The summed E-state index contributed by atoms with van der Waals surface area (Å²) in [5.74, 6) is -0.457. The Balaban J connectivity index is 1.94. The molecule has 0 saturated heterocycles. The molecule has 1 atom stereocenters.